The maximum Gasteiger partial charge on any atom is 0.357 e. The Morgan fingerprint density at radius 1 is 1.37 bits per heavy atom. The van der Waals surface area contributed by atoms with Gasteiger partial charge in [0.1, 0.15) is 5.69 Å². The van der Waals surface area contributed by atoms with Crippen molar-refractivity contribution >= 4 is 11.8 Å². The predicted molar refractivity (Wildman–Crippen MR) is 99.5 cm³/mol. The van der Waals surface area contributed by atoms with Crippen LogP contribution in [-0.4, -0.2) is 52.6 Å². The summed E-state index contributed by atoms with van der Waals surface area (Å²) in [6.07, 6.45) is 5.92. The number of nitrogens with zero attached hydrogens (tertiary/aromatic N) is 4. The fourth-order valence-electron chi connectivity index (χ4n) is 2.83. The Morgan fingerprint density at radius 3 is 2.70 bits per heavy atom. The van der Waals surface area contributed by atoms with Crippen molar-refractivity contribution in [1.29, 1.82) is 0 Å². The van der Waals surface area contributed by atoms with Gasteiger partial charge in [-0.15, -0.1) is 0 Å². The third kappa shape index (κ3) is 5.27. The minimum absolute atomic E-state index is 0.0354. The van der Waals surface area contributed by atoms with Crippen LogP contribution in [0.25, 0.3) is 6.08 Å². The zero-order valence-electron chi connectivity index (χ0n) is 15.9. The van der Waals surface area contributed by atoms with Gasteiger partial charge in [-0.05, 0) is 31.8 Å². The van der Waals surface area contributed by atoms with Crippen LogP contribution >= 0.6 is 0 Å². The lowest BCUT2D eigenvalue weighted by Gasteiger charge is -2.22. The average Bonchev–Trinajstić information content (AvgIpc) is 2.63. The molecule has 2 rings (SSSR count). The molecule has 0 amide bonds. The summed E-state index contributed by atoms with van der Waals surface area (Å²) < 4.78 is 13.0. The normalized spacial score (nSPS) is 17.4. The Labute approximate surface area is 156 Å². The van der Waals surface area contributed by atoms with Crippen molar-refractivity contribution in [2.45, 2.75) is 38.5 Å². The Morgan fingerprint density at radius 2 is 2.11 bits per heavy atom. The molecule has 0 bridgehead atoms. The molecule has 2 heterocycles. The lowest BCUT2D eigenvalue weighted by Crippen LogP contribution is -2.41. The molecule has 1 aliphatic heterocycles. The molecule has 1 aromatic heterocycles. The fourth-order valence-corrected chi connectivity index (χ4v) is 2.83. The van der Waals surface area contributed by atoms with Gasteiger partial charge in [-0.2, -0.15) is 0 Å². The smallest absolute Gasteiger partial charge is 0.357 e. The molecule has 1 saturated heterocycles. The van der Waals surface area contributed by atoms with Crippen molar-refractivity contribution in [2.75, 3.05) is 27.3 Å². The lowest BCUT2D eigenvalue weighted by atomic mass is 10.2. The highest BCUT2D eigenvalue weighted by atomic mass is 16.7. The second-order valence-corrected chi connectivity index (χ2v) is 6.59. The minimum atomic E-state index is -0.907. The Hall–Kier alpha value is -2.46. The third-order valence-corrected chi connectivity index (χ3v) is 4.25. The van der Waals surface area contributed by atoms with E-state index in [-0.39, 0.29) is 18.5 Å². The van der Waals surface area contributed by atoms with Gasteiger partial charge in [-0.3, -0.25) is 24.0 Å². The summed E-state index contributed by atoms with van der Waals surface area (Å²) >= 11 is 0. The summed E-state index contributed by atoms with van der Waals surface area (Å²) in [4.78, 5) is 37.4. The Bertz CT molecular complexity index is 805. The van der Waals surface area contributed by atoms with Crippen molar-refractivity contribution < 1.29 is 14.4 Å². The summed E-state index contributed by atoms with van der Waals surface area (Å²) in [6, 6.07) is 0. The van der Waals surface area contributed by atoms with E-state index in [9.17, 15) is 19.7 Å². The predicted octanol–water partition coefficient (Wildman–Crippen LogP) is 0.921. The van der Waals surface area contributed by atoms with Crippen LogP contribution in [0.3, 0.4) is 0 Å². The van der Waals surface area contributed by atoms with Gasteiger partial charge < -0.3 is 14.4 Å². The number of aromatic nitrogens is 2. The first-order chi connectivity index (χ1) is 12.8. The van der Waals surface area contributed by atoms with Gasteiger partial charge >= 0.3 is 16.9 Å². The highest BCUT2D eigenvalue weighted by Crippen LogP contribution is 2.15. The molecule has 1 unspecified atom stereocenters. The first-order valence-electron chi connectivity index (χ1n) is 8.89. The molecule has 0 aromatic carbocycles. The van der Waals surface area contributed by atoms with E-state index in [1.54, 1.807) is 25.2 Å². The molecule has 150 valence electrons. The van der Waals surface area contributed by atoms with E-state index in [0.717, 1.165) is 28.4 Å². The van der Waals surface area contributed by atoms with E-state index in [4.69, 9.17) is 9.47 Å². The summed E-state index contributed by atoms with van der Waals surface area (Å²) in [5.74, 6) is 0. The molecule has 1 fully saturated rings. The summed E-state index contributed by atoms with van der Waals surface area (Å²) in [5.41, 5.74) is -2.16. The number of nitro groups is 1. The SMILES string of the molecule is CN(C)/C=C/c1c([N+](=O)[O-])c(=O)n(CCCOC2CCCCO2)c(=O)n1C. The molecule has 10 heteroatoms. The van der Waals surface area contributed by atoms with Crippen LogP contribution in [0.1, 0.15) is 31.4 Å². The zero-order chi connectivity index (χ0) is 20.0. The molecule has 27 heavy (non-hydrogen) atoms. The van der Waals surface area contributed by atoms with Gasteiger partial charge in [0.15, 0.2) is 6.29 Å². The summed E-state index contributed by atoms with van der Waals surface area (Å²) in [6.45, 7) is 1.01. The number of hydrogen-bond donors (Lipinski definition) is 0. The molecule has 0 saturated carbocycles. The van der Waals surface area contributed by atoms with Gasteiger partial charge in [0.2, 0.25) is 0 Å². The minimum Gasteiger partial charge on any atom is -0.383 e. The Kier molecular flexibility index (Phi) is 7.31. The lowest BCUT2D eigenvalue weighted by molar-refractivity contribution is -0.387. The molecular formula is C17H26N4O6. The van der Waals surface area contributed by atoms with Crippen molar-refractivity contribution in [3.8, 4) is 0 Å². The standard InChI is InChI=1S/C17H26N4O6/c1-18(2)10-8-13-15(21(24)25)16(22)20(17(23)19(13)3)9-6-12-27-14-7-4-5-11-26-14/h8,10,14H,4-7,9,11-12H2,1-3H3/b10-8+. The van der Waals surface area contributed by atoms with E-state index in [1.165, 1.54) is 13.1 Å². The van der Waals surface area contributed by atoms with Gasteiger partial charge in [0, 0.05) is 40.5 Å². The fraction of sp³-hybridized carbons (Fsp3) is 0.647. The Balaban J connectivity index is 2.20. The van der Waals surface area contributed by atoms with Gasteiger partial charge in [0.25, 0.3) is 0 Å². The summed E-state index contributed by atoms with van der Waals surface area (Å²) in [5, 5.41) is 11.4. The van der Waals surface area contributed by atoms with Crippen molar-refractivity contribution in [3.63, 3.8) is 0 Å². The quantitative estimate of drug-likeness (QED) is 0.374. The second kappa shape index (κ2) is 9.47. The van der Waals surface area contributed by atoms with Gasteiger partial charge in [0.05, 0.1) is 11.5 Å². The van der Waals surface area contributed by atoms with E-state index in [2.05, 4.69) is 0 Å². The first-order valence-corrected chi connectivity index (χ1v) is 8.89. The van der Waals surface area contributed by atoms with E-state index in [1.807, 2.05) is 0 Å². The first kappa shape index (κ1) is 20.8. The largest absolute Gasteiger partial charge is 0.383 e. The van der Waals surface area contributed by atoms with Gasteiger partial charge in [-0.25, -0.2) is 4.79 Å². The van der Waals surface area contributed by atoms with E-state index < -0.39 is 21.9 Å². The number of rotatable bonds is 8. The molecule has 0 N–H and O–H groups in total. The van der Waals surface area contributed by atoms with Gasteiger partial charge in [-0.1, -0.05) is 0 Å². The number of ether oxygens (including phenoxy) is 2. The van der Waals surface area contributed by atoms with Crippen LogP contribution in [0.5, 0.6) is 0 Å². The molecule has 1 aromatic rings. The number of hydrogen-bond acceptors (Lipinski definition) is 7. The van der Waals surface area contributed by atoms with Crippen LogP contribution < -0.4 is 11.2 Å². The highest BCUT2D eigenvalue weighted by Gasteiger charge is 2.25. The monoisotopic (exact) mass is 382 g/mol. The van der Waals surface area contributed by atoms with Crippen molar-refractivity contribution in [3.05, 3.63) is 42.8 Å². The summed E-state index contributed by atoms with van der Waals surface area (Å²) in [7, 11) is 4.88. The van der Waals surface area contributed by atoms with E-state index >= 15 is 0 Å². The highest BCUT2D eigenvalue weighted by molar-refractivity contribution is 5.56. The van der Waals surface area contributed by atoms with Crippen LogP contribution in [0.2, 0.25) is 0 Å². The van der Waals surface area contributed by atoms with Crippen molar-refractivity contribution in [1.82, 2.24) is 14.0 Å². The van der Waals surface area contributed by atoms with Crippen molar-refractivity contribution in [2.24, 2.45) is 7.05 Å². The second-order valence-electron chi connectivity index (χ2n) is 6.59. The van der Waals surface area contributed by atoms with E-state index in [0.29, 0.717) is 19.6 Å². The topological polar surface area (TPSA) is 109 Å². The van der Waals surface area contributed by atoms with Crippen LogP contribution in [0.4, 0.5) is 5.69 Å². The van der Waals surface area contributed by atoms with Crippen LogP contribution in [0.15, 0.2) is 15.8 Å². The van der Waals surface area contributed by atoms with Crippen LogP contribution in [0, 0.1) is 10.1 Å². The molecule has 10 nitrogen and oxygen atoms in total. The molecule has 0 spiro atoms. The maximum atomic E-state index is 12.5. The molecular weight excluding hydrogens is 356 g/mol. The maximum absolute atomic E-state index is 12.5. The molecule has 0 radical (unpaired) electrons. The molecule has 0 aliphatic carbocycles. The average molecular weight is 382 g/mol. The molecule has 1 aliphatic rings. The third-order valence-electron chi connectivity index (χ3n) is 4.25. The van der Waals surface area contributed by atoms with Crippen LogP contribution in [-0.2, 0) is 23.1 Å². The zero-order valence-corrected chi connectivity index (χ0v) is 15.9. The molecule has 1 atom stereocenters.